The fraction of sp³-hybridized carbons (Fsp3) is 0.238. The van der Waals surface area contributed by atoms with Crippen molar-refractivity contribution in [1.29, 1.82) is 0 Å². The normalized spacial score (nSPS) is 15.3. The van der Waals surface area contributed by atoms with Gasteiger partial charge < -0.3 is 24.7 Å². The summed E-state index contributed by atoms with van der Waals surface area (Å²) in [6, 6.07) is 7.78. The van der Waals surface area contributed by atoms with E-state index >= 15 is 0 Å². The van der Waals surface area contributed by atoms with Crippen molar-refractivity contribution in [2.75, 3.05) is 26.1 Å². The largest absolute Gasteiger partial charge is 0.495 e. The molecule has 1 unspecified atom stereocenters. The van der Waals surface area contributed by atoms with Crippen molar-refractivity contribution in [2.45, 2.75) is 12.5 Å². The molecule has 0 bridgehead atoms. The number of carbonyl (C=O) groups is 2. The predicted octanol–water partition coefficient (Wildman–Crippen LogP) is 2.78. The molecule has 2 amide bonds. The molecule has 9 nitrogen and oxygen atoms in total. The van der Waals surface area contributed by atoms with Crippen LogP contribution in [-0.2, 0) is 11.2 Å². The van der Waals surface area contributed by atoms with E-state index in [2.05, 4.69) is 20.3 Å². The number of carbonyl (C=O) groups excluding carboxylic acids is 2. The average molecular weight is 407 g/mol. The number of urea groups is 1. The number of benzene rings is 1. The van der Waals surface area contributed by atoms with E-state index in [1.54, 1.807) is 35.8 Å². The molecule has 0 spiro atoms. The molecule has 1 aliphatic rings. The number of H-pyrrole nitrogens is 1. The van der Waals surface area contributed by atoms with Crippen molar-refractivity contribution in [3.63, 3.8) is 0 Å². The van der Waals surface area contributed by atoms with Gasteiger partial charge >= 0.3 is 12.0 Å². The lowest BCUT2D eigenvalue weighted by Gasteiger charge is -2.35. The average Bonchev–Trinajstić information content (AvgIpc) is 3.27. The maximum Gasteiger partial charge on any atom is 0.337 e. The van der Waals surface area contributed by atoms with Gasteiger partial charge in [0.05, 0.1) is 37.5 Å². The van der Waals surface area contributed by atoms with Crippen LogP contribution in [0.25, 0.3) is 0 Å². The maximum absolute atomic E-state index is 13.3. The second-order valence-corrected chi connectivity index (χ2v) is 6.73. The molecular weight excluding hydrogens is 386 g/mol. The molecule has 1 aromatic carbocycles. The molecule has 0 saturated carbocycles. The highest BCUT2D eigenvalue weighted by Crippen LogP contribution is 2.34. The zero-order valence-electron chi connectivity index (χ0n) is 16.6. The summed E-state index contributed by atoms with van der Waals surface area (Å²) in [5.41, 5.74) is 3.41. The molecule has 2 N–H and O–H groups in total. The van der Waals surface area contributed by atoms with Crippen molar-refractivity contribution in [3.05, 3.63) is 71.6 Å². The number of aromatic amines is 1. The number of amides is 2. The fourth-order valence-corrected chi connectivity index (χ4v) is 3.62. The molecule has 0 saturated heterocycles. The van der Waals surface area contributed by atoms with E-state index < -0.39 is 5.97 Å². The van der Waals surface area contributed by atoms with Crippen molar-refractivity contribution in [2.24, 2.45) is 0 Å². The minimum absolute atomic E-state index is 0.313. The van der Waals surface area contributed by atoms with Crippen LogP contribution >= 0.6 is 0 Å². The topological polar surface area (TPSA) is 109 Å². The molecule has 4 rings (SSSR count). The molecule has 0 aliphatic carbocycles. The number of imidazole rings is 1. The lowest BCUT2D eigenvalue weighted by Crippen LogP contribution is -2.43. The summed E-state index contributed by atoms with van der Waals surface area (Å²) in [6.07, 6.45) is 5.68. The Morgan fingerprint density at radius 1 is 1.20 bits per heavy atom. The van der Waals surface area contributed by atoms with Crippen LogP contribution in [-0.4, -0.2) is 52.6 Å². The summed E-state index contributed by atoms with van der Waals surface area (Å²) in [7, 11) is 2.80. The van der Waals surface area contributed by atoms with Gasteiger partial charge in [-0.25, -0.2) is 14.6 Å². The Kier molecular flexibility index (Phi) is 5.34. The number of ether oxygens (including phenoxy) is 2. The van der Waals surface area contributed by atoms with E-state index in [9.17, 15) is 9.59 Å². The van der Waals surface area contributed by atoms with Crippen molar-refractivity contribution in [3.8, 4) is 5.75 Å². The third-order valence-electron chi connectivity index (χ3n) is 5.07. The molecule has 3 heterocycles. The molecule has 1 atom stereocenters. The SMILES string of the molecule is COC(=O)c1ccc(OC)c(NC(=O)N2CCc3[nH]cnc3C2c2ccncc2)c1. The molecule has 0 radical (unpaired) electrons. The van der Waals surface area contributed by atoms with Crippen LogP contribution in [0.3, 0.4) is 0 Å². The van der Waals surface area contributed by atoms with Gasteiger partial charge in [-0.2, -0.15) is 0 Å². The molecule has 30 heavy (non-hydrogen) atoms. The summed E-state index contributed by atoms with van der Waals surface area (Å²) in [5, 5.41) is 2.87. The van der Waals surface area contributed by atoms with Crippen LogP contribution in [0.5, 0.6) is 5.75 Å². The number of nitrogens with one attached hydrogen (secondary N) is 2. The highest BCUT2D eigenvalue weighted by Gasteiger charge is 2.34. The van der Waals surface area contributed by atoms with E-state index in [1.165, 1.54) is 20.3 Å². The summed E-state index contributed by atoms with van der Waals surface area (Å²) >= 11 is 0. The Labute approximate surface area is 173 Å². The third kappa shape index (κ3) is 3.57. The Morgan fingerprint density at radius 2 is 2.00 bits per heavy atom. The van der Waals surface area contributed by atoms with Crippen molar-refractivity contribution in [1.82, 2.24) is 19.9 Å². The smallest absolute Gasteiger partial charge is 0.337 e. The third-order valence-corrected chi connectivity index (χ3v) is 5.07. The van der Waals surface area contributed by atoms with Gasteiger partial charge in [-0.15, -0.1) is 0 Å². The number of hydrogen-bond acceptors (Lipinski definition) is 6. The molecule has 154 valence electrons. The number of anilines is 1. The van der Waals surface area contributed by atoms with E-state index in [4.69, 9.17) is 9.47 Å². The van der Waals surface area contributed by atoms with Crippen molar-refractivity contribution >= 4 is 17.7 Å². The van der Waals surface area contributed by atoms with Crippen LogP contribution in [0.15, 0.2) is 49.1 Å². The first-order valence-electron chi connectivity index (χ1n) is 9.38. The molecule has 2 aromatic heterocycles. The monoisotopic (exact) mass is 407 g/mol. The van der Waals surface area contributed by atoms with Gasteiger partial charge in [0.15, 0.2) is 0 Å². The van der Waals surface area contributed by atoms with Gasteiger partial charge in [-0.3, -0.25) is 4.98 Å². The first kappa shape index (κ1) is 19.4. The van der Waals surface area contributed by atoms with E-state index in [1.807, 2.05) is 12.1 Å². The van der Waals surface area contributed by atoms with Gasteiger partial charge in [0.25, 0.3) is 0 Å². The molecule has 3 aromatic rings. The summed E-state index contributed by atoms with van der Waals surface area (Å²) in [6.45, 7) is 0.493. The standard InChI is InChI=1S/C21H21N5O4/c1-29-17-4-3-14(20(27)30-2)11-16(17)25-21(28)26-10-7-15-18(24-12-23-15)19(26)13-5-8-22-9-6-13/h3-6,8-9,11-12,19H,7,10H2,1-2H3,(H,23,24)(H,25,28). The van der Waals surface area contributed by atoms with Crippen LogP contribution in [0.1, 0.15) is 33.4 Å². The zero-order valence-corrected chi connectivity index (χ0v) is 16.6. The van der Waals surface area contributed by atoms with E-state index in [0.717, 1.165) is 17.0 Å². The van der Waals surface area contributed by atoms with Crippen LogP contribution < -0.4 is 10.1 Å². The first-order chi connectivity index (χ1) is 14.6. The molecule has 1 aliphatic heterocycles. The second-order valence-electron chi connectivity index (χ2n) is 6.73. The van der Waals surface area contributed by atoms with Gasteiger partial charge in [-0.05, 0) is 35.9 Å². The van der Waals surface area contributed by atoms with E-state index in [-0.39, 0.29) is 12.1 Å². The van der Waals surface area contributed by atoms with Gasteiger partial charge in [0, 0.05) is 31.1 Å². The summed E-state index contributed by atoms with van der Waals surface area (Å²) in [4.78, 5) is 38.6. The fourth-order valence-electron chi connectivity index (χ4n) is 3.62. The van der Waals surface area contributed by atoms with E-state index in [0.29, 0.717) is 30.0 Å². The predicted molar refractivity (Wildman–Crippen MR) is 108 cm³/mol. The van der Waals surface area contributed by atoms with Crippen molar-refractivity contribution < 1.29 is 19.1 Å². The van der Waals surface area contributed by atoms with Crippen LogP contribution in [0, 0.1) is 0 Å². The van der Waals surface area contributed by atoms with Crippen LogP contribution in [0.2, 0.25) is 0 Å². The van der Waals surface area contributed by atoms with Gasteiger partial charge in [-0.1, -0.05) is 0 Å². The number of methoxy groups -OCH3 is 2. The summed E-state index contributed by atoms with van der Waals surface area (Å²) in [5.74, 6) is -0.0594. The maximum atomic E-state index is 13.3. The number of rotatable bonds is 4. The van der Waals surface area contributed by atoms with Gasteiger partial charge in [0.1, 0.15) is 11.8 Å². The first-order valence-corrected chi connectivity index (χ1v) is 9.38. The summed E-state index contributed by atoms with van der Waals surface area (Å²) < 4.78 is 10.1. The zero-order chi connectivity index (χ0) is 21.1. The minimum Gasteiger partial charge on any atom is -0.495 e. The Bertz CT molecular complexity index is 1070. The highest BCUT2D eigenvalue weighted by atomic mass is 16.5. The quantitative estimate of drug-likeness (QED) is 0.644. The lowest BCUT2D eigenvalue weighted by atomic mass is 9.97. The molecule has 0 fully saturated rings. The second kappa shape index (κ2) is 8.24. The Hall–Kier alpha value is -3.88. The number of pyridine rings is 1. The van der Waals surface area contributed by atoms with Gasteiger partial charge in [0.2, 0.25) is 0 Å². The molecule has 9 heteroatoms. The highest BCUT2D eigenvalue weighted by molar-refractivity contribution is 5.95. The number of fused-ring (bicyclic) bond motifs is 1. The lowest BCUT2D eigenvalue weighted by molar-refractivity contribution is 0.0600. The number of nitrogens with zero attached hydrogens (tertiary/aromatic N) is 3. The molecular formula is C21H21N5O4. The van der Waals surface area contributed by atoms with Crippen LogP contribution in [0.4, 0.5) is 10.5 Å². The number of hydrogen-bond donors (Lipinski definition) is 2. The Morgan fingerprint density at radius 3 is 2.73 bits per heavy atom. The number of esters is 1. The Balaban J connectivity index is 1.67. The minimum atomic E-state index is -0.498. The number of aromatic nitrogens is 3.